The minimum absolute atomic E-state index is 0.112. The van der Waals surface area contributed by atoms with Crippen molar-refractivity contribution in [3.8, 4) is 0 Å². The van der Waals surface area contributed by atoms with Crippen LogP contribution in [0.5, 0.6) is 0 Å². The molecule has 0 fully saturated rings. The van der Waals surface area contributed by atoms with Gasteiger partial charge in [0.15, 0.2) is 11.6 Å². The van der Waals surface area contributed by atoms with Crippen molar-refractivity contribution in [3.63, 3.8) is 0 Å². The number of rotatable bonds is 7. The van der Waals surface area contributed by atoms with Crippen LogP contribution in [0.25, 0.3) is 11.3 Å². The second-order valence-corrected chi connectivity index (χ2v) is 8.93. The number of carbonyl (C=O) groups is 1. The predicted octanol–water partition coefficient (Wildman–Crippen LogP) is 3.97. The van der Waals surface area contributed by atoms with Crippen LogP contribution in [0.15, 0.2) is 65.3 Å². The predicted molar refractivity (Wildman–Crippen MR) is 136 cm³/mol. The van der Waals surface area contributed by atoms with E-state index in [1.165, 1.54) is 25.5 Å². The standard InChI is InChI=1S/C25H29FN5O2P/c1-6-19-13-30(4)23(24-22(26)25(33)20(16(3)32)14-31(19)24)21(18-7-9-28-29-12-18)15(2)17(11-27)8-10-34-5/h7-12,14,19,34H,2,6,13,27H2,1,3-5H3/b10-8-,17-11+,23-21+/t19-/m1/s1. The van der Waals surface area contributed by atoms with Gasteiger partial charge in [0.2, 0.25) is 5.43 Å². The number of allylic oxidation sites excluding steroid dienone is 4. The van der Waals surface area contributed by atoms with Crippen LogP contribution in [0, 0.1) is 5.82 Å². The minimum Gasteiger partial charge on any atom is -0.404 e. The topological polar surface area (TPSA) is 94.1 Å². The summed E-state index contributed by atoms with van der Waals surface area (Å²) >= 11 is 0. The van der Waals surface area contributed by atoms with E-state index in [9.17, 15) is 9.59 Å². The lowest BCUT2D eigenvalue weighted by Crippen LogP contribution is -2.38. The first-order chi connectivity index (χ1) is 16.3. The molecule has 0 radical (unpaired) electrons. The Balaban J connectivity index is 2.47. The van der Waals surface area contributed by atoms with Gasteiger partial charge in [-0.3, -0.25) is 9.59 Å². The van der Waals surface area contributed by atoms with Gasteiger partial charge >= 0.3 is 0 Å². The number of likely N-dealkylation sites (N-methyl/N-ethyl adjacent to an activating group) is 1. The highest BCUT2D eigenvalue weighted by molar-refractivity contribution is 7.40. The molecule has 1 unspecified atom stereocenters. The highest BCUT2D eigenvalue weighted by Crippen LogP contribution is 2.40. The molecule has 1 aliphatic heterocycles. The van der Waals surface area contributed by atoms with Crippen LogP contribution in [0.4, 0.5) is 4.39 Å². The van der Waals surface area contributed by atoms with Crippen molar-refractivity contribution in [2.75, 3.05) is 20.3 Å². The van der Waals surface area contributed by atoms with E-state index in [2.05, 4.69) is 16.8 Å². The Bertz CT molecular complexity index is 1260. The van der Waals surface area contributed by atoms with Gasteiger partial charge in [0.05, 0.1) is 29.7 Å². The largest absolute Gasteiger partial charge is 0.404 e. The molecular formula is C25H29FN5O2P. The highest BCUT2D eigenvalue weighted by atomic mass is 31.1. The molecule has 0 aromatic carbocycles. The number of fused-ring (bicyclic) bond motifs is 1. The van der Waals surface area contributed by atoms with Crippen molar-refractivity contribution in [3.05, 3.63) is 93.3 Å². The average molecular weight is 482 g/mol. The van der Waals surface area contributed by atoms with Gasteiger partial charge in [-0.05, 0) is 37.2 Å². The lowest BCUT2D eigenvalue weighted by molar-refractivity contribution is 0.101. The lowest BCUT2D eigenvalue weighted by atomic mass is 9.89. The zero-order valence-corrected chi connectivity index (χ0v) is 20.8. The van der Waals surface area contributed by atoms with E-state index in [1.807, 2.05) is 37.4 Å². The number of Topliss-reactive ketones (excluding diaryl/α,β-unsaturated/α-hetero) is 1. The first-order valence-electron chi connectivity index (χ1n) is 10.9. The molecule has 34 heavy (non-hydrogen) atoms. The van der Waals surface area contributed by atoms with Gasteiger partial charge in [0.1, 0.15) is 5.69 Å². The van der Waals surface area contributed by atoms with E-state index in [1.54, 1.807) is 16.8 Å². The van der Waals surface area contributed by atoms with Gasteiger partial charge in [-0.2, -0.15) is 10.2 Å². The summed E-state index contributed by atoms with van der Waals surface area (Å²) in [6.45, 7) is 10.1. The molecule has 0 amide bonds. The van der Waals surface area contributed by atoms with Crippen LogP contribution in [-0.4, -0.2) is 45.7 Å². The zero-order chi connectivity index (χ0) is 25.0. The fourth-order valence-electron chi connectivity index (χ4n) is 4.14. The first kappa shape index (κ1) is 25.2. The molecule has 2 aromatic heterocycles. The maximum Gasteiger partial charge on any atom is 0.228 e. The maximum absolute atomic E-state index is 15.8. The van der Waals surface area contributed by atoms with Crippen LogP contribution < -0.4 is 11.2 Å². The molecule has 1 aliphatic rings. The molecule has 0 bridgehead atoms. The van der Waals surface area contributed by atoms with Crippen molar-refractivity contribution in [1.29, 1.82) is 0 Å². The SMILES string of the molecule is C=C(C(/C=C\PC)=C/N)/C(=C1/c2c(F)c(=O)c(C(C)=O)cn2[C@H](CC)CN1C)c1ccnnc1. The van der Waals surface area contributed by atoms with E-state index in [4.69, 9.17) is 5.73 Å². The van der Waals surface area contributed by atoms with Crippen molar-refractivity contribution < 1.29 is 9.18 Å². The normalized spacial score (nSPS) is 18.0. The second-order valence-electron chi connectivity index (χ2n) is 8.02. The van der Waals surface area contributed by atoms with Crippen molar-refractivity contribution in [2.24, 2.45) is 5.73 Å². The number of halogens is 1. The van der Waals surface area contributed by atoms with Crippen LogP contribution in [0.3, 0.4) is 0 Å². The molecule has 3 rings (SSSR count). The molecule has 0 saturated carbocycles. The van der Waals surface area contributed by atoms with E-state index in [-0.39, 0.29) is 17.3 Å². The Kier molecular flexibility index (Phi) is 7.94. The van der Waals surface area contributed by atoms with Crippen LogP contribution >= 0.6 is 8.58 Å². The number of carbonyl (C=O) groups excluding carboxylic acids is 1. The fourth-order valence-corrected chi connectivity index (χ4v) is 4.49. The summed E-state index contributed by atoms with van der Waals surface area (Å²) in [5, 5.41) is 7.86. The average Bonchev–Trinajstić information content (AvgIpc) is 2.83. The van der Waals surface area contributed by atoms with Crippen molar-refractivity contribution in [2.45, 2.75) is 26.3 Å². The molecule has 7 nitrogen and oxygen atoms in total. The van der Waals surface area contributed by atoms with Crippen molar-refractivity contribution in [1.82, 2.24) is 19.7 Å². The Morgan fingerprint density at radius 3 is 2.71 bits per heavy atom. The molecule has 2 atom stereocenters. The Morgan fingerprint density at radius 2 is 2.15 bits per heavy atom. The summed E-state index contributed by atoms with van der Waals surface area (Å²) in [6.07, 6.45) is 8.60. The summed E-state index contributed by atoms with van der Waals surface area (Å²) < 4.78 is 17.5. The van der Waals surface area contributed by atoms with Crippen molar-refractivity contribution >= 4 is 25.6 Å². The maximum atomic E-state index is 15.8. The second kappa shape index (κ2) is 10.7. The lowest BCUT2D eigenvalue weighted by Gasteiger charge is -2.39. The monoisotopic (exact) mass is 481 g/mol. The zero-order valence-electron chi connectivity index (χ0n) is 19.8. The number of nitrogens with zero attached hydrogens (tertiary/aromatic N) is 4. The molecule has 0 spiro atoms. The summed E-state index contributed by atoms with van der Waals surface area (Å²) in [5.74, 6) is 0.538. The van der Waals surface area contributed by atoms with Gasteiger partial charge in [-0.15, -0.1) is 8.58 Å². The minimum atomic E-state index is -0.969. The summed E-state index contributed by atoms with van der Waals surface area (Å²) in [4.78, 5) is 26.8. The van der Waals surface area contributed by atoms with Crippen LogP contribution in [-0.2, 0) is 0 Å². The van der Waals surface area contributed by atoms with Gasteiger partial charge in [-0.25, -0.2) is 4.39 Å². The summed E-state index contributed by atoms with van der Waals surface area (Å²) in [5.41, 5.74) is 7.89. The highest BCUT2D eigenvalue weighted by Gasteiger charge is 2.33. The number of pyridine rings is 1. The number of aromatic nitrogens is 3. The smallest absolute Gasteiger partial charge is 0.228 e. The Labute approximate surface area is 200 Å². The first-order valence-corrected chi connectivity index (χ1v) is 12.5. The van der Waals surface area contributed by atoms with Crippen LogP contribution in [0.1, 0.15) is 47.9 Å². The molecule has 9 heteroatoms. The third-order valence-electron chi connectivity index (χ3n) is 5.88. The molecule has 3 heterocycles. The number of ketones is 1. The summed E-state index contributed by atoms with van der Waals surface area (Å²) in [6, 6.07) is 1.62. The van der Waals surface area contributed by atoms with E-state index in [0.717, 1.165) is 0 Å². The molecule has 0 aliphatic carbocycles. The van der Waals surface area contributed by atoms with E-state index in [0.29, 0.717) is 49.5 Å². The Morgan fingerprint density at radius 1 is 1.41 bits per heavy atom. The van der Waals surface area contributed by atoms with Gasteiger partial charge < -0.3 is 15.2 Å². The Hall–Kier alpha value is -3.38. The molecule has 2 N–H and O–H groups in total. The van der Waals surface area contributed by atoms with E-state index < -0.39 is 17.0 Å². The molecule has 178 valence electrons. The van der Waals surface area contributed by atoms with Gasteiger partial charge in [0, 0.05) is 37.1 Å². The summed E-state index contributed by atoms with van der Waals surface area (Å²) in [7, 11) is 2.41. The van der Waals surface area contributed by atoms with Crippen LogP contribution in [0.2, 0.25) is 0 Å². The van der Waals surface area contributed by atoms with Gasteiger partial charge in [0.25, 0.3) is 0 Å². The number of hydrogen-bond donors (Lipinski definition) is 1. The molecule has 2 aromatic rings. The molecule has 0 saturated heterocycles. The quantitative estimate of drug-likeness (QED) is 0.366. The third-order valence-corrected chi connectivity index (χ3v) is 6.38. The van der Waals surface area contributed by atoms with E-state index >= 15 is 4.39 Å². The number of hydrogen-bond acceptors (Lipinski definition) is 6. The van der Waals surface area contributed by atoms with Gasteiger partial charge in [-0.1, -0.05) is 25.4 Å². The molecular weight excluding hydrogens is 452 g/mol. The number of nitrogens with two attached hydrogens (primary N) is 1. The fraction of sp³-hybridized carbons (Fsp3) is 0.280. The third kappa shape index (κ3) is 4.64.